The second-order valence-electron chi connectivity index (χ2n) is 3.74. The summed E-state index contributed by atoms with van der Waals surface area (Å²) in [5, 5.41) is 0. The summed E-state index contributed by atoms with van der Waals surface area (Å²) in [6, 6.07) is 10.3. The van der Waals surface area contributed by atoms with Crippen LogP contribution in [-0.2, 0) is 4.79 Å². The molecule has 0 spiro atoms. The molecular weight excluding hydrogens is 174 g/mol. The lowest BCUT2D eigenvalue weighted by atomic mass is 9.99. The summed E-state index contributed by atoms with van der Waals surface area (Å²) in [5.74, 6) is 0.699. The van der Waals surface area contributed by atoms with E-state index in [-0.39, 0.29) is 0 Å². The van der Waals surface area contributed by atoms with Crippen LogP contribution in [0.1, 0.15) is 24.8 Å². The third kappa shape index (κ3) is 1.65. The number of hydrogen-bond acceptors (Lipinski definition) is 1. The number of likely N-dealkylation sites (N-methyl/N-ethyl adjacent to an activating group) is 1. The molecule has 0 N–H and O–H groups in total. The molecule has 1 amide bonds. The van der Waals surface area contributed by atoms with Crippen LogP contribution in [0.2, 0.25) is 0 Å². The standard InChI is InChI=1S/C12H15NO/c1-2-13-9-11(8-12(13)14)10-6-4-3-5-7-10/h3-7,11H,2,8-9H2,1H3. The average Bonchev–Trinajstić information content (AvgIpc) is 2.61. The summed E-state index contributed by atoms with van der Waals surface area (Å²) in [5.41, 5.74) is 1.29. The van der Waals surface area contributed by atoms with Gasteiger partial charge in [-0.2, -0.15) is 0 Å². The van der Waals surface area contributed by atoms with Gasteiger partial charge in [0, 0.05) is 25.4 Å². The normalized spacial score (nSPS) is 21.6. The van der Waals surface area contributed by atoms with E-state index in [1.165, 1.54) is 5.56 Å². The van der Waals surface area contributed by atoms with Gasteiger partial charge in [0.25, 0.3) is 0 Å². The van der Waals surface area contributed by atoms with Crippen LogP contribution in [0, 0.1) is 0 Å². The van der Waals surface area contributed by atoms with Crippen molar-refractivity contribution in [3.8, 4) is 0 Å². The largest absolute Gasteiger partial charge is 0.342 e. The molecule has 1 fully saturated rings. The van der Waals surface area contributed by atoms with Crippen molar-refractivity contribution in [1.29, 1.82) is 0 Å². The molecular formula is C12H15NO. The van der Waals surface area contributed by atoms with Gasteiger partial charge in [-0.3, -0.25) is 4.79 Å². The molecule has 0 radical (unpaired) electrons. The lowest BCUT2D eigenvalue weighted by Crippen LogP contribution is -2.24. The van der Waals surface area contributed by atoms with Gasteiger partial charge in [-0.25, -0.2) is 0 Å². The minimum atomic E-state index is 0.293. The van der Waals surface area contributed by atoms with Crippen LogP contribution in [0.5, 0.6) is 0 Å². The highest BCUT2D eigenvalue weighted by Gasteiger charge is 2.28. The Balaban J connectivity index is 2.13. The number of carbonyl (C=O) groups excluding carboxylic acids is 1. The summed E-state index contributed by atoms with van der Waals surface area (Å²) in [6.07, 6.45) is 0.678. The van der Waals surface area contributed by atoms with Crippen molar-refractivity contribution in [2.75, 3.05) is 13.1 Å². The van der Waals surface area contributed by atoms with Crippen LogP contribution in [0.25, 0.3) is 0 Å². The van der Waals surface area contributed by atoms with Crippen LogP contribution in [0.3, 0.4) is 0 Å². The minimum Gasteiger partial charge on any atom is -0.342 e. The van der Waals surface area contributed by atoms with Crippen molar-refractivity contribution < 1.29 is 4.79 Å². The number of rotatable bonds is 2. The molecule has 1 aromatic rings. The van der Waals surface area contributed by atoms with Crippen molar-refractivity contribution >= 4 is 5.91 Å². The van der Waals surface area contributed by atoms with Crippen LogP contribution >= 0.6 is 0 Å². The molecule has 2 nitrogen and oxygen atoms in total. The summed E-state index contributed by atoms with van der Waals surface area (Å²) >= 11 is 0. The van der Waals surface area contributed by atoms with Crippen molar-refractivity contribution in [1.82, 2.24) is 4.90 Å². The maximum atomic E-state index is 11.5. The number of hydrogen-bond donors (Lipinski definition) is 0. The van der Waals surface area contributed by atoms with Crippen molar-refractivity contribution in [2.24, 2.45) is 0 Å². The second kappa shape index (κ2) is 3.82. The van der Waals surface area contributed by atoms with Crippen LogP contribution in [0.4, 0.5) is 0 Å². The highest BCUT2D eigenvalue weighted by atomic mass is 16.2. The van der Waals surface area contributed by atoms with Gasteiger partial charge in [0.05, 0.1) is 0 Å². The zero-order valence-corrected chi connectivity index (χ0v) is 8.44. The maximum Gasteiger partial charge on any atom is 0.223 e. The Kier molecular flexibility index (Phi) is 2.53. The number of nitrogens with zero attached hydrogens (tertiary/aromatic N) is 1. The molecule has 1 unspecified atom stereocenters. The van der Waals surface area contributed by atoms with Gasteiger partial charge in [-0.05, 0) is 12.5 Å². The SMILES string of the molecule is CCN1CC(c2ccccc2)CC1=O. The van der Waals surface area contributed by atoms with Gasteiger partial charge in [0.2, 0.25) is 5.91 Å². The van der Waals surface area contributed by atoms with E-state index >= 15 is 0 Å². The molecule has 1 aliphatic heterocycles. The smallest absolute Gasteiger partial charge is 0.223 e. The van der Waals surface area contributed by atoms with E-state index in [0.29, 0.717) is 18.2 Å². The highest BCUT2D eigenvalue weighted by Crippen LogP contribution is 2.27. The Bertz CT molecular complexity index is 320. The van der Waals surface area contributed by atoms with Gasteiger partial charge in [-0.1, -0.05) is 30.3 Å². The Morgan fingerprint density at radius 3 is 2.64 bits per heavy atom. The molecule has 0 bridgehead atoms. The molecule has 74 valence electrons. The van der Waals surface area contributed by atoms with Crippen LogP contribution < -0.4 is 0 Å². The predicted molar refractivity (Wildman–Crippen MR) is 56.1 cm³/mol. The monoisotopic (exact) mass is 189 g/mol. The second-order valence-corrected chi connectivity index (χ2v) is 3.74. The summed E-state index contributed by atoms with van der Waals surface area (Å²) in [6.45, 7) is 3.76. The molecule has 1 saturated heterocycles. The third-order valence-corrected chi connectivity index (χ3v) is 2.87. The van der Waals surface area contributed by atoms with Crippen molar-refractivity contribution in [3.05, 3.63) is 35.9 Å². The van der Waals surface area contributed by atoms with Crippen molar-refractivity contribution in [3.63, 3.8) is 0 Å². The van der Waals surface area contributed by atoms with Crippen molar-refractivity contribution in [2.45, 2.75) is 19.3 Å². The zero-order chi connectivity index (χ0) is 9.97. The van der Waals surface area contributed by atoms with E-state index < -0.39 is 0 Å². The van der Waals surface area contributed by atoms with E-state index in [2.05, 4.69) is 12.1 Å². The molecule has 14 heavy (non-hydrogen) atoms. The Hall–Kier alpha value is -1.31. The topological polar surface area (TPSA) is 20.3 Å². The molecule has 0 aliphatic carbocycles. The third-order valence-electron chi connectivity index (χ3n) is 2.87. The van der Waals surface area contributed by atoms with Gasteiger partial charge in [0.1, 0.15) is 0 Å². The number of likely N-dealkylation sites (tertiary alicyclic amines) is 1. The Morgan fingerprint density at radius 2 is 2.07 bits per heavy atom. The van der Waals surface area contributed by atoms with Crippen LogP contribution in [0.15, 0.2) is 30.3 Å². The van der Waals surface area contributed by atoms with Crippen LogP contribution in [-0.4, -0.2) is 23.9 Å². The fourth-order valence-electron chi connectivity index (χ4n) is 2.03. The van der Waals surface area contributed by atoms with Gasteiger partial charge in [-0.15, -0.1) is 0 Å². The molecule has 2 rings (SSSR count). The molecule has 0 aromatic heterocycles. The molecule has 1 atom stereocenters. The lowest BCUT2D eigenvalue weighted by molar-refractivity contribution is -0.127. The minimum absolute atomic E-state index is 0.293. The van der Waals surface area contributed by atoms with E-state index in [1.54, 1.807) is 0 Å². The van der Waals surface area contributed by atoms with Gasteiger partial charge < -0.3 is 4.90 Å². The summed E-state index contributed by atoms with van der Waals surface area (Å²) in [7, 11) is 0. The predicted octanol–water partition coefficient (Wildman–Crippen LogP) is 2.02. The molecule has 1 aliphatic rings. The number of amides is 1. The fourth-order valence-corrected chi connectivity index (χ4v) is 2.03. The van der Waals surface area contributed by atoms with Gasteiger partial charge >= 0.3 is 0 Å². The van der Waals surface area contributed by atoms with E-state index in [1.807, 2.05) is 30.0 Å². The lowest BCUT2D eigenvalue weighted by Gasteiger charge is -2.13. The molecule has 1 aromatic carbocycles. The molecule has 1 heterocycles. The first-order chi connectivity index (χ1) is 6.81. The van der Waals surface area contributed by atoms with E-state index in [0.717, 1.165) is 13.1 Å². The maximum absolute atomic E-state index is 11.5. The summed E-state index contributed by atoms with van der Waals surface area (Å²) in [4.78, 5) is 13.4. The van der Waals surface area contributed by atoms with Gasteiger partial charge in [0.15, 0.2) is 0 Å². The van der Waals surface area contributed by atoms with E-state index in [9.17, 15) is 4.79 Å². The first-order valence-electron chi connectivity index (χ1n) is 5.14. The quantitative estimate of drug-likeness (QED) is 0.697. The highest BCUT2D eigenvalue weighted by molar-refractivity contribution is 5.79. The molecule has 0 saturated carbocycles. The Labute approximate surface area is 84.5 Å². The average molecular weight is 189 g/mol. The van der Waals surface area contributed by atoms with E-state index in [4.69, 9.17) is 0 Å². The Morgan fingerprint density at radius 1 is 1.36 bits per heavy atom. The summed E-state index contributed by atoms with van der Waals surface area (Å²) < 4.78 is 0. The fraction of sp³-hybridized carbons (Fsp3) is 0.417. The number of benzene rings is 1. The first kappa shape index (κ1) is 9.25. The first-order valence-corrected chi connectivity index (χ1v) is 5.14. The zero-order valence-electron chi connectivity index (χ0n) is 8.44. The molecule has 2 heteroatoms. The number of carbonyl (C=O) groups is 1.